The summed E-state index contributed by atoms with van der Waals surface area (Å²) in [7, 11) is 0. The molecule has 0 spiro atoms. The van der Waals surface area contributed by atoms with Gasteiger partial charge in [0.2, 0.25) is 5.91 Å². The SMILES string of the molecule is CCc1nnc(SCC(=O)Nc2ccc(C)c(C)c2)n1-c1ccccc1. The number of nitrogens with one attached hydrogen (secondary N) is 1. The molecule has 5 nitrogen and oxygen atoms in total. The Morgan fingerprint density at radius 3 is 2.54 bits per heavy atom. The van der Waals surface area contributed by atoms with Gasteiger partial charge in [-0.25, -0.2) is 0 Å². The minimum Gasteiger partial charge on any atom is -0.325 e. The molecule has 1 aromatic heterocycles. The number of rotatable bonds is 6. The van der Waals surface area contributed by atoms with Crippen molar-refractivity contribution in [2.24, 2.45) is 0 Å². The van der Waals surface area contributed by atoms with E-state index in [1.807, 2.05) is 66.9 Å². The smallest absolute Gasteiger partial charge is 0.234 e. The summed E-state index contributed by atoms with van der Waals surface area (Å²) in [4.78, 5) is 12.3. The molecule has 0 saturated carbocycles. The summed E-state index contributed by atoms with van der Waals surface area (Å²) in [5.41, 5.74) is 4.19. The van der Waals surface area contributed by atoms with Crippen LogP contribution in [0.5, 0.6) is 0 Å². The number of para-hydroxylation sites is 1. The molecule has 6 heteroatoms. The van der Waals surface area contributed by atoms with Crippen molar-refractivity contribution in [2.45, 2.75) is 32.3 Å². The molecule has 0 fully saturated rings. The molecule has 0 aliphatic rings. The average Bonchev–Trinajstić information content (AvgIpc) is 3.07. The molecule has 0 aliphatic carbocycles. The van der Waals surface area contributed by atoms with Crippen LogP contribution in [0, 0.1) is 13.8 Å². The minimum atomic E-state index is -0.0566. The maximum Gasteiger partial charge on any atom is 0.234 e. The summed E-state index contributed by atoms with van der Waals surface area (Å²) in [5, 5.41) is 12.2. The summed E-state index contributed by atoms with van der Waals surface area (Å²) in [6, 6.07) is 15.9. The highest BCUT2D eigenvalue weighted by Crippen LogP contribution is 2.23. The van der Waals surface area contributed by atoms with E-state index in [1.54, 1.807) is 0 Å². The van der Waals surface area contributed by atoms with Gasteiger partial charge in [0, 0.05) is 17.8 Å². The fourth-order valence-electron chi connectivity index (χ4n) is 2.61. The molecule has 0 aliphatic heterocycles. The fourth-order valence-corrected chi connectivity index (χ4v) is 3.38. The van der Waals surface area contributed by atoms with Crippen LogP contribution >= 0.6 is 11.8 Å². The molecule has 0 unspecified atom stereocenters. The van der Waals surface area contributed by atoms with E-state index in [2.05, 4.69) is 22.4 Å². The van der Waals surface area contributed by atoms with E-state index < -0.39 is 0 Å². The van der Waals surface area contributed by atoms with Crippen LogP contribution in [0.15, 0.2) is 53.7 Å². The van der Waals surface area contributed by atoms with Gasteiger partial charge in [0.05, 0.1) is 5.75 Å². The van der Waals surface area contributed by atoms with Crippen LogP contribution in [0.3, 0.4) is 0 Å². The molecule has 0 radical (unpaired) electrons. The Bertz CT molecular complexity index is 905. The molecule has 1 heterocycles. The normalized spacial score (nSPS) is 10.7. The molecular weight excluding hydrogens is 344 g/mol. The van der Waals surface area contributed by atoms with Crippen LogP contribution in [0.2, 0.25) is 0 Å². The van der Waals surface area contributed by atoms with Crippen molar-refractivity contribution in [3.05, 3.63) is 65.5 Å². The van der Waals surface area contributed by atoms with E-state index in [1.165, 1.54) is 17.3 Å². The Morgan fingerprint density at radius 1 is 1.08 bits per heavy atom. The maximum absolute atomic E-state index is 12.3. The van der Waals surface area contributed by atoms with E-state index >= 15 is 0 Å². The molecule has 26 heavy (non-hydrogen) atoms. The Hall–Kier alpha value is -2.60. The summed E-state index contributed by atoms with van der Waals surface area (Å²) in [5.74, 6) is 1.11. The quantitative estimate of drug-likeness (QED) is 0.665. The van der Waals surface area contributed by atoms with Gasteiger partial charge in [-0.1, -0.05) is 43.0 Å². The second-order valence-electron chi connectivity index (χ2n) is 6.06. The zero-order valence-electron chi connectivity index (χ0n) is 15.2. The highest BCUT2D eigenvalue weighted by atomic mass is 32.2. The number of carbonyl (C=O) groups excluding carboxylic acids is 1. The molecule has 3 rings (SSSR count). The van der Waals surface area contributed by atoms with Crippen LogP contribution in [-0.4, -0.2) is 26.4 Å². The van der Waals surface area contributed by atoms with Crippen LogP contribution in [-0.2, 0) is 11.2 Å². The highest BCUT2D eigenvalue weighted by molar-refractivity contribution is 7.99. The number of hydrogen-bond acceptors (Lipinski definition) is 4. The van der Waals surface area contributed by atoms with E-state index in [0.29, 0.717) is 0 Å². The van der Waals surface area contributed by atoms with Crippen molar-refractivity contribution in [2.75, 3.05) is 11.1 Å². The van der Waals surface area contributed by atoms with E-state index in [9.17, 15) is 4.79 Å². The summed E-state index contributed by atoms with van der Waals surface area (Å²) in [6.07, 6.45) is 0.775. The zero-order valence-corrected chi connectivity index (χ0v) is 16.0. The Labute approximate surface area is 157 Å². The first-order valence-corrected chi connectivity index (χ1v) is 9.56. The van der Waals surface area contributed by atoms with Gasteiger partial charge in [-0.3, -0.25) is 9.36 Å². The topological polar surface area (TPSA) is 59.8 Å². The molecule has 0 atom stereocenters. The first-order chi connectivity index (χ1) is 12.6. The van der Waals surface area contributed by atoms with Crippen molar-refractivity contribution in [3.63, 3.8) is 0 Å². The van der Waals surface area contributed by atoms with Crippen molar-refractivity contribution in [3.8, 4) is 5.69 Å². The Kier molecular flexibility index (Phi) is 5.73. The third kappa shape index (κ3) is 4.14. The number of nitrogens with zero attached hydrogens (tertiary/aromatic N) is 3. The van der Waals surface area contributed by atoms with Gasteiger partial charge in [-0.15, -0.1) is 10.2 Å². The molecular formula is C20H22N4OS. The molecule has 3 aromatic rings. The van der Waals surface area contributed by atoms with Gasteiger partial charge < -0.3 is 5.32 Å². The minimum absolute atomic E-state index is 0.0566. The third-order valence-electron chi connectivity index (χ3n) is 4.15. The number of thioether (sulfide) groups is 1. The van der Waals surface area contributed by atoms with Gasteiger partial charge in [-0.2, -0.15) is 0 Å². The van der Waals surface area contributed by atoms with E-state index in [4.69, 9.17) is 0 Å². The third-order valence-corrected chi connectivity index (χ3v) is 5.08. The predicted molar refractivity (Wildman–Crippen MR) is 106 cm³/mol. The van der Waals surface area contributed by atoms with Crippen LogP contribution < -0.4 is 5.32 Å². The van der Waals surface area contributed by atoms with E-state index in [0.717, 1.165) is 34.3 Å². The number of aromatic nitrogens is 3. The van der Waals surface area contributed by atoms with Crippen molar-refractivity contribution >= 4 is 23.4 Å². The lowest BCUT2D eigenvalue weighted by Crippen LogP contribution is -2.14. The van der Waals surface area contributed by atoms with Gasteiger partial charge in [0.1, 0.15) is 5.82 Å². The van der Waals surface area contributed by atoms with Crippen molar-refractivity contribution in [1.82, 2.24) is 14.8 Å². The van der Waals surface area contributed by atoms with Crippen LogP contribution in [0.1, 0.15) is 23.9 Å². The second-order valence-corrected chi connectivity index (χ2v) is 7.00. The van der Waals surface area contributed by atoms with E-state index in [-0.39, 0.29) is 11.7 Å². The summed E-state index contributed by atoms with van der Waals surface area (Å²) in [6.45, 7) is 6.14. The van der Waals surface area contributed by atoms with Crippen LogP contribution in [0.25, 0.3) is 5.69 Å². The molecule has 1 amide bonds. The van der Waals surface area contributed by atoms with Crippen molar-refractivity contribution in [1.29, 1.82) is 0 Å². The number of carbonyl (C=O) groups is 1. The molecule has 0 bridgehead atoms. The standard InChI is InChI=1S/C20H22N4OS/c1-4-18-22-23-20(24(18)17-8-6-5-7-9-17)26-13-19(25)21-16-11-10-14(2)15(3)12-16/h5-12H,4,13H2,1-3H3,(H,21,25). The number of anilines is 1. The van der Waals surface area contributed by atoms with Crippen LogP contribution in [0.4, 0.5) is 5.69 Å². The summed E-state index contributed by atoms with van der Waals surface area (Å²) < 4.78 is 2.01. The largest absolute Gasteiger partial charge is 0.325 e. The zero-order chi connectivity index (χ0) is 18.5. The second kappa shape index (κ2) is 8.19. The molecule has 2 aromatic carbocycles. The predicted octanol–water partition coefficient (Wildman–Crippen LogP) is 4.18. The number of hydrogen-bond donors (Lipinski definition) is 1. The lowest BCUT2D eigenvalue weighted by molar-refractivity contribution is -0.113. The molecule has 134 valence electrons. The number of amides is 1. The van der Waals surface area contributed by atoms with Gasteiger partial charge in [0.25, 0.3) is 0 Å². The van der Waals surface area contributed by atoms with Gasteiger partial charge in [0.15, 0.2) is 5.16 Å². The monoisotopic (exact) mass is 366 g/mol. The maximum atomic E-state index is 12.3. The fraction of sp³-hybridized carbons (Fsp3) is 0.250. The number of aryl methyl sites for hydroxylation is 3. The molecule has 1 N–H and O–H groups in total. The van der Waals surface area contributed by atoms with Crippen molar-refractivity contribution < 1.29 is 4.79 Å². The van der Waals surface area contributed by atoms with Gasteiger partial charge >= 0.3 is 0 Å². The molecule has 0 saturated heterocycles. The number of benzene rings is 2. The lowest BCUT2D eigenvalue weighted by Gasteiger charge is -2.10. The Morgan fingerprint density at radius 2 is 1.85 bits per heavy atom. The highest BCUT2D eigenvalue weighted by Gasteiger charge is 2.14. The first-order valence-electron chi connectivity index (χ1n) is 8.58. The lowest BCUT2D eigenvalue weighted by atomic mass is 10.1. The average molecular weight is 366 g/mol. The first kappa shape index (κ1) is 18.2. The Balaban J connectivity index is 1.70. The summed E-state index contributed by atoms with van der Waals surface area (Å²) >= 11 is 1.39. The van der Waals surface area contributed by atoms with Gasteiger partial charge in [-0.05, 0) is 49.2 Å².